The molecule has 0 aromatic carbocycles. The molecule has 86 valence electrons. The predicted octanol–water partition coefficient (Wildman–Crippen LogP) is 1.19. The Morgan fingerprint density at radius 2 is 2.31 bits per heavy atom. The molecule has 1 atom stereocenters. The maximum Gasteiger partial charge on any atom is 0.327 e. The smallest absolute Gasteiger partial charge is 0.327 e. The number of amides is 1. The van der Waals surface area contributed by atoms with Gasteiger partial charge in [-0.2, -0.15) is 0 Å². The second kappa shape index (κ2) is 4.21. The maximum atomic E-state index is 11.9. The molecule has 0 spiro atoms. The highest BCUT2D eigenvalue weighted by atomic mass is 32.2. The summed E-state index contributed by atoms with van der Waals surface area (Å²) in [6.07, 6.45) is 0. The third-order valence-electron chi connectivity index (χ3n) is 2.38. The first-order valence-electron chi connectivity index (χ1n) is 4.77. The van der Waals surface area contributed by atoms with Crippen LogP contribution >= 0.6 is 11.8 Å². The number of hydrogen-bond acceptors (Lipinski definition) is 4. The highest BCUT2D eigenvalue weighted by Gasteiger charge is 2.36. The Kier molecular flexibility index (Phi) is 2.91. The van der Waals surface area contributed by atoms with Gasteiger partial charge in [-0.05, 0) is 19.1 Å². The second-order valence-electron chi connectivity index (χ2n) is 3.54. The number of aryl methyl sites for hydroxylation is 1. The standard InChI is InChI=1S/C10H11NO4S/c1-6-2-3-8(15-6)9(12)11-5-16-4-7(11)10(13)14/h2-3,7H,4-5H2,1H3,(H,13,14). The first-order chi connectivity index (χ1) is 7.59. The number of carboxylic acids is 1. The fourth-order valence-corrected chi connectivity index (χ4v) is 2.68. The Morgan fingerprint density at radius 1 is 1.56 bits per heavy atom. The predicted molar refractivity (Wildman–Crippen MR) is 58.4 cm³/mol. The van der Waals surface area contributed by atoms with Crippen molar-refractivity contribution in [2.24, 2.45) is 0 Å². The van der Waals surface area contributed by atoms with Crippen LogP contribution in [-0.2, 0) is 4.79 Å². The van der Waals surface area contributed by atoms with Gasteiger partial charge in [-0.25, -0.2) is 4.79 Å². The van der Waals surface area contributed by atoms with Crippen LogP contribution in [0.1, 0.15) is 16.3 Å². The normalized spacial score (nSPS) is 20.1. The zero-order chi connectivity index (χ0) is 11.7. The van der Waals surface area contributed by atoms with Crippen LogP contribution in [0.25, 0.3) is 0 Å². The Hall–Kier alpha value is -1.43. The third-order valence-corrected chi connectivity index (χ3v) is 3.39. The molecule has 0 aliphatic carbocycles. The van der Waals surface area contributed by atoms with Gasteiger partial charge in [0.05, 0.1) is 5.88 Å². The van der Waals surface area contributed by atoms with E-state index < -0.39 is 12.0 Å². The Labute approximate surface area is 96.4 Å². The molecule has 5 nitrogen and oxygen atoms in total. The summed E-state index contributed by atoms with van der Waals surface area (Å²) in [5.41, 5.74) is 0. The maximum absolute atomic E-state index is 11.9. The van der Waals surface area contributed by atoms with E-state index in [-0.39, 0.29) is 11.7 Å². The average Bonchev–Trinajstić information content (AvgIpc) is 2.84. The third kappa shape index (κ3) is 1.92. The first kappa shape index (κ1) is 11.1. The molecule has 1 fully saturated rings. The quantitative estimate of drug-likeness (QED) is 0.842. The molecule has 0 radical (unpaired) electrons. The molecule has 1 aromatic heterocycles. The lowest BCUT2D eigenvalue weighted by atomic mass is 10.3. The van der Waals surface area contributed by atoms with Crippen molar-refractivity contribution in [2.75, 3.05) is 11.6 Å². The van der Waals surface area contributed by atoms with Crippen molar-refractivity contribution in [3.63, 3.8) is 0 Å². The number of rotatable bonds is 2. The molecular formula is C10H11NO4S. The van der Waals surface area contributed by atoms with E-state index in [2.05, 4.69) is 0 Å². The molecule has 0 bridgehead atoms. The van der Waals surface area contributed by atoms with Gasteiger partial charge >= 0.3 is 5.97 Å². The molecule has 1 unspecified atom stereocenters. The van der Waals surface area contributed by atoms with E-state index in [1.807, 2.05) is 0 Å². The van der Waals surface area contributed by atoms with Gasteiger partial charge in [0.15, 0.2) is 5.76 Å². The summed E-state index contributed by atoms with van der Waals surface area (Å²) < 4.78 is 5.19. The summed E-state index contributed by atoms with van der Waals surface area (Å²) in [7, 11) is 0. The molecule has 1 aliphatic rings. The molecule has 6 heteroatoms. The molecule has 0 saturated carbocycles. The second-order valence-corrected chi connectivity index (χ2v) is 4.54. The number of nitrogens with zero attached hydrogens (tertiary/aromatic N) is 1. The highest BCUT2D eigenvalue weighted by molar-refractivity contribution is 7.99. The largest absolute Gasteiger partial charge is 0.480 e. The lowest BCUT2D eigenvalue weighted by Gasteiger charge is -2.18. The zero-order valence-electron chi connectivity index (χ0n) is 8.67. The monoisotopic (exact) mass is 241 g/mol. The van der Waals surface area contributed by atoms with Gasteiger partial charge in [0.1, 0.15) is 11.8 Å². The van der Waals surface area contributed by atoms with Gasteiger partial charge in [-0.3, -0.25) is 4.79 Å². The number of hydrogen-bond donors (Lipinski definition) is 1. The summed E-state index contributed by atoms with van der Waals surface area (Å²) >= 11 is 1.43. The van der Waals surface area contributed by atoms with Gasteiger partial charge < -0.3 is 14.4 Å². The molecule has 1 saturated heterocycles. The van der Waals surface area contributed by atoms with Crippen LogP contribution in [0, 0.1) is 6.92 Å². The van der Waals surface area contributed by atoms with E-state index in [9.17, 15) is 9.59 Å². The molecule has 1 aliphatic heterocycles. The fraction of sp³-hybridized carbons (Fsp3) is 0.400. The zero-order valence-corrected chi connectivity index (χ0v) is 9.49. The lowest BCUT2D eigenvalue weighted by Crippen LogP contribution is -2.41. The van der Waals surface area contributed by atoms with Crippen LogP contribution in [0.5, 0.6) is 0 Å². The van der Waals surface area contributed by atoms with Crippen LogP contribution in [0.3, 0.4) is 0 Å². The van der Waals surface area contributed by atoms with Crippen molar-refractivity contribution >= 4 is 23.6 Å². The van der Waals surface area contributed by atoms with E-state index in [0.29, 0.717) is 17.4 Å². The van der Waals surface area contributed by atoms with E-state index in [1.165, 1.54) is 16.7 Å². The minimum Gasteiger partial charge on any atom is -0.480 e. The van der Waals surface area contributed by atoms with Crippen molar-refractivity contribution in [1.29, 1.82) is 0 Å². The Bertz CT molecular complexity index is 428. The van der Waals surface area contributed by atoms with Crippen molar-refractivity contribution in [1.82, 2.24) is 4.90 Å². The highest BCUT2D eigenvalue weighted by Crippen LogP contribution is 2.23. The van der Waals surface area contributed by atoms with Gasteiger partial charge in [0, 0.05) is 5.75 Å². The summed E-state index contributed by atoms with van der Waals surface area (Å²) in [6.45, 7) is 1.74. The number of thioether (sulfide) groups is 1. The number of carbonyl (C=O) groups is 2. The van der Waals surface area contributed by atoms with Crippen LogP contribution in [0.15, 0.2) is 16.5 Å². The van der Waals surface area contributed by atoms with Crippen LogP contribution in [0.2, 0.25) is 0 Å². The molecule has 1 amide bonds. The minimum atomic E-state index is -0.971. The van der Waals surface area contributed by atoms with E-state index in [4.69, 9.17) is 9.52 Å². The van der Waals surface area contributed by atoms with Crippen molar-refractivity contribution in [3.8, 4) is 0 Å². The van der Waals surface area contributed by atoms with Crippen molar-refractivity contribution in [2.45, 2.75) is 13.0 Å². The molecule has 1 N–H and O–H groups in total. The molecule has 16 heavy (non-hydrogen) atoms. The van der Waals surface area contributed by atoms with Gasteiger partial charge in [0.2, 0.25) is 0 Å². The topological polar surface area (TPSA) is 70.8 Å². The van der Waals surface area contributed by atoms with E-state index in [1.54, 1.807) is 19.1 Å². The lowest BCUT2D eigenvalue weighted by molar-refractivity contribution is -0.140. The summed E-state index contributed by atoms with van der Waals surface area (Å²) in [4.78, 5) is 24.2. The number of carboxylic acid groups (broad SMARTS) is 1. The average molecular weight is 241 g/mol. The molecular weight excluding hydrogens is 230 g/mol. The van der Waals surface area contributed by atoms with Gasteiger partial charge in [-0.15, -0.1) is 11.8 Å². The Morgan fingerprint density at radius 3 is 2.88 bits per heavy atom. The minimum absolute atomic E-state index is 0.200. The van der Waals surface area contributed by atoms with Crippen LogP contribution < -0.4 is 0 Å². The van der Waals surface area contributed by atoms with Gasteiger partial charge in [0.25, 0.3) is 5.91 Å². The summed E-state index contributed by atoms with van der Waals surface area (Å²) in [5, 5.41) is 8.95. The fourth-order valence-electron chi connectivity index (χ4n) is 1.54. The van der Waals surface area contributed by atoms with E-state index in [0.717, 1.165) is 0 Å². The van der Waals surface area contributed by atoms with Crippen LogP contribution in [-0.4, -0.2) is 39.6 Å². The number of carbonyl (C=O) groups excluding carboxylic acids is 1. The van der Waals surface area contributed by atoms with Crippen molar-refractivity contribution < 1.29 is 19.1 Å². The van der Waals surface area contributed by atoms with E-state index >= 15 is 0 Å². The molecule has 2 rings (SSSR count). The number of furan rings is 1. The Balaban J connectivity index is 2.18. The van der Waals surface area contributed by atoms with Gasteiger partial charge in [-0.1, -0.05) is 0 Å². The summed E-state index contributed by atoms with van der Waals surface area (Å²) in [5.74, 6) is 0.344. The number of aliphatic carboxylic acids is 1. The molecule has 2 heterocycles. The summed E-state index contributed by atoms with van der Waals surface area (Å²) in [6, 6.07) is 2.51. The molecule has 1 aromatic rings. The van der Waals surface area contributed by atoms with Crippen LogP contribution in [0.4, 0.5) is 0 Å². The first-order valence-corrected chi connectivity index (χ1v) is 5.93. The van der Waals surface area contributed by atoms with Crippen molar-refractivity contribution in [3.05, 3.63) is 23.7 Å². The SMILES string of the molecule is Cc1ccc(C(=O)N2CSCC2C(=O)O)o1.